The van der Waals surface area contributed by atoms with E-state index in [-0.39, 0.29) is 23.1 Å². The fourth-order valence-corrected chi connectivity index (χ4v) is 6.73. The molecule has 0 N–H and O–H groups in total. The van der Waals surface area contributed by atoms with Crippen molar-refractivity contribution in [3.05, 3.63) is 65.2 Å². The number of nitrogens with zero attached hydrogens (tertiary/aromatic N) is 1. The standard InChI is InChI=1S/C28H35NO6S/c1-19(2)25-12-11-20(3)15-26(25)35-27(30)18-34-28(31)22-9-6-10-24(16-22)36(32,33)29-14-13-21-7-4-5-8-23(21)17-29/h4-10,16,19-20,25-26H,11-15,17-18H2,1-3H3/t20-,25+,26-/m1/s1. The summed E-state index contributed by atoms with van der Waals surface area (Å²) in [4.78, 5) is 25.1. The summed E-state index contributed by atoms with van der Waals surface area (Å²) in [6.45, 7) is 6.57. The average molecular weight is 514 g/mol. The second-order valence-corrected chi connectivity index (χ2v) is 12.3. The van der Waals surface area contributed by atoms with Crippen molar-refractivity contribution in [2.45, 2.75) is 64.0 Å². The first-order valence-corrected chi connectivity index (χ1v) is 14.1. The lowest BCUT2D eigenvalue weighted by atomic mass is 9.75. The van der Waals surface area contributed by atoms with Crippen molar-refractivity contribution >= 4 is 22.0 Å². The molecule has 1 aliphatic carbocycles. The van der Waals surface area contributed by atoms with Gasteiger partial charge < -0.3 is 9.47 Å². The highest BCUT2D eigenvalue weighted by Gasteiger charge is 2.34. The molecule has 0 unspecified atom stereocenters. The molecule has 2 aromatic rings. The molecule has 0 spiro atoms. The van der Waals surface area contributed by atoms with Crippen LogP contribution in [0.4, 0.5) is 0 Å². The fraction of sp³-hybridized carbons (Fsp3) is 0.500. The summed E-state index contributed by atoms with van der Waals surface area (Å²) in [5.74, 6) is -0.159. The summed E-state index contributed by atoms with van der Waals surface area (Å²) in [5, 5.41) is 0. The van der Waals surface area contributed by atoms with Crippen LogP contribution in [-0.4, -0.2) is 43.9 Å². The van der Waals surface area contributed by atoms with E-state index in [0.717, 1.165) is 30.4 Å². The Balaban J connectivity index is 1.38. The van der Waals surface area contributed by atoms with Gasteiger partial charge in [-0.05, 0) is 66.3 Å². The molecule has 36 heavy (non-hydrogen) atoms. The molecule has 4 rings (SSSR count). The van der Waals surface area contributed by atoms with E-state index in [1.165, 1.54) is 28.6 Å². The number of carbonyl (C=O) groups excluding carboxylic acids is 2. The van der Waals surface area contributed by atoms with E-state index in [1.54, 1.807) is 0 Å². The molecular weight excluding hydrogens is 478 g/mol. The van der Waals surface area contributed by atoms with Crippen LogP contribution in [-0.2, 0) is 37.3 Å². The fourth-order valence-electron chi connectivity index (χ4n) is 5.27. The van der Waals surface area contributed by atoms with Crippen LogP contribution in [0.25, 0.3) is 0 Å². The lowest BCUT2D eigenvalue weighted by molar-refractivity contribution is -0.159. The molecule has 0 amide bonds. The van der Waals surface area contributed by atoms with Gasteiger partial charge >= 0.3 is 11.9 Å². The van der Waals surface area contributed by atoms with Gasteiger partial charge in [-0.25, -0.2) is 18.0 Å². The van der Waals surface area contributed by atoms with Crippen molar-refractivity contribution in [2.75, 3.05) is 13.2 Å². The number of fused-ring (bicyclic) bond motifs is 1. The van der Waals surface area contributed by atoms with Gasteiger partial charge in [-0.15, -0.1) is 0 Å². The van der Waals surface area contributed by atoms with Crippen molar-refractivity contribution in [2.24, 2.45) is 17.8 Å². The predicted molar refractivity (Wildman–Crippen MR) is 136 cm³/mol. The van der Waals surface area contributed by atoms with Gasteiger partial charge in [0.25, 0.3) is 0 Å². The Morgan fingerprint density at radius 2 is 1.81 bits per heavy atom. The van der Waals surface area contributed by atoms with E-state index in [0.29, 0.717) is 30.7 Å². The SMILES string of the molecule is CC(C)[C@@H]1CC[C@@H](C)C[C@H]1OC(=O)COC(=O)c1cccc(S(=O)(=O)N2CCc3ccccc3C2)c1. The Labute approximate surface area is 213 Å². The summed E-state index contributed by atoms with van der Waals surface area (Å²) < 4.78 is 38.8. The van der Waals surface area contributed by atoms with Crippen LogP contribution >= 0.6 is 0 Å². The molecule has 2 aromatic carbocycles. The average Bonchev–Trinajstić information content (AvgIpc) is 2.87. The molecule has 0 bridgehead atoms. The second-order valence-electron chi connectivity index (χ2n) is 10.3. The van der Waals surface area contributed by atoms with E-state index in [9.17, 15) is 18.0 Å². The molecule has 0 radical (unpaired) electrons. The lowest BCUT2D eigenvalue weighted by Gasteiger charge is -2.36. The molecule has 7 nitrogen and oxygen atoms in total. The minimum Gasteiger partial charge on any atom is -0.460 e. The Hall–Kier alpha value is -2.71. The highest BCUT2D eigenvalue weighted by atomic mass is 32.2. The maximum atomic E-state index is 13.3. The molecule has 0 aromatic heterocycles. The summed E-state index contributed by atoms with van der Waals surface area (Å²) in [7, 11) is -3.80. The Morgan fingerprint density at radius 3 is 2.56 bits per heavy atom. The number of hydrogen-bond acceptors (Lipinski definition) is 6. The van der Waals surface area contributed by atoms with Crippen LogP contribution < -0.4 is 0 Å². The Morgan fingerprint density at radius 1 is 1.06 bits per heavy atom. The summed E-state index contributed by atoms with van der Waals surface area (Å²) >= 11 is 0. The van der Waals surface area contributed by atoms with Crippen molar-refractivity contribution < 1.29 is 27.5 Å². The lowest BCUT2D eigenvalue weighted by Crippen LogP contribution is -2.36. The minimum absolute atomic E-state index is 0.0230. The number of hydrogen-bond donors (Lipinski definition) is 0. The van der Waals surface area contributed by atoms with Crippen LogP contribution in [0.2, 0.25) is 0 Å². The van der Waals surface area contributed by atoms with Gasteiger partial charge in [0, 0.05) is 13.1 Å². The number of ether oxygens (including phenoxy) is 2. The molecule has 194 valence electrons. The highest BCUT2D eigenvalue weighted by Crippen LogP contribution is 2.35. The maximum Gasteiger partial charge on any atom is 0.344 e. The van der Waals surface area contributed by atoms with Crippen molar-refractivity contribution in [1.82, 2.24) is 4.31 Å². The molecule has 8 heteroatoms. The highest BCUT2D eigenvalue weighted by molar-refractivity contribution is 7.89. The monoisotopic (exact) mass is 513 g/mol. The van der Waals surface area contributed by atoms with E-state index in [4.69, 9.17) is 9.47 Å². The summed E-state index contributed by atoms with van der Waals surface area (Å²) in [5.41, 5.74) is 2.21. The van der Waals surface area contributed by atoms with Crippen molar-refractivity contribution in [1.29, 1.82) is 0 Å². The predicted octanol–water partition coefficient (Wildman–Crippen LogP) is 4.59. The van der Waals surface area contributed by atoms with Gasteiger partial charge in [-0.1, -0.05) is 57.5 Å². The molecule has 0 saturated heterocycles. The minimum atomic E-state index is -3.80. The Kier molecular flexibility index (Phi) is 8.15. The maximum absolute atomic E-state index is 13.3. The zero-order valence-corrected chi connectivity index (χ0v) is 22.0. The quantitative estimate of drug-likeness (QED) is 0.503. The molecule has 1 saturated carbocycles. The number of sulfonamides is 1. The van der Waals surface area contributed by atoms with Gasteiger partial charge in [0.15, 0.2) is 6.61 Å². The molecule has 3 atom stereocenters. The van der Waals surface area contributed by atoms with Gasteiger partial charge in [-0.2, -0.15) is 4.31 Å². The van der Waals surface area contributed by atoms with E-state index >= 15 is 0 Å². The first-order chi connectivity index (χ1) is 17.1. The number of rotatable bonds is 7. The van der Waals surface area contributed by atoms with Crippen molar-refractivity contribution in [3.8, 4) is 0 Å². The second kappa shape index (κ2) is 11.1. The van der Waals surface area contributed by atoms with Crippen LogP contribution in [0.15, 0.2) is 53.4 Å². The number of esters is 2. The zero-order chi connectivity index (χ0) is 25.9. The van der Waals surface area contributed by atoms with Crippen LogP contribution in [0.1, 0.15) is 61.5 Å². The molecule has 2 aliphatic rings. The van der Waals surface area contributed by atoms with Gasteiger partial charge in [-0.3, -0.25) is 0 Å². The summed E-state index contributed by atoms with van der Waals surface area (Å²) in [6, 6.07) is 13.6. The normalized spacial score (nSPS) is 22.6. The first kappa shape index (κ1) is 26.4. The largest absolute Gasteiger partial charge is 0.460 e. The van der Waals surface area contributed by atoms with Gasteiger partial charge in [0.05, 0.1) is 10.5 Å². The number of benzene rings is 2. The van der Waals surface area contributed by atoms with E-state index in [2.05, 4.69) is 20.8 Å². The van der Waals surface area contributed by atoms with E-state index < -0.39 is 28.6 Å². The van der Waals surface area contributed by atoms with E-state index in [1.807, 2.05) is 24.3 Å². The van der Waals surface area contributed by atoms with Crippen LogP contribution in [0.5, 0.6) is 0 Å². The number of carbonyl (C=O) groups is 2. The molecule has 1 heterocycles. The third-order valence-electron chi connectivity index (χ3n) is 7.37. The van der Waals surface area contributed by atoms with Crippen LogP contribution in [0, 0.1) is 17.8 Å². The molecule has 1 aliphatic heterocycles. The van der Waals surface area contributed by atoms with Crippen LogP contribution in [0.3, 0.4) is 0 Å². The molecular formula is C28H35NO6S. The first-order valence-electron chi connectivity index (χ1n) is 12.7. The third-order valence-corrected chi connectivity index (χ3v) is 9.21. The summed E-state index contributed by atoms with van der Waals surface area (Å²) in [6.07, 6.45) is 3.40. The zero-order valence-electron chi connectivity index (χ0n) is 21.2. The van der Waals surface area contributed by atoms with Crippen molar-refractivity contribution in [3.63, 3.8) is 0 Å². The molecule has 1 fully saturated rings. The van der Waals surface area contributed by atoms with Gasteiger partial charge in [0.1, 0.15) is 6.10 Å². The van der Waals surface area contributed by atoms with Gasteiger partial charge in [0.2, 0.25) is 10.0 Å². The third kappa shape index (κ3) is 5.98. The Bertz CT molecular complexity index is 1210. The smallest absolute Gasteiger partial charge is 0.344 e. The topological polar surface area (TPSA) is 90.0 Å².